The van der Waals surface area contributed by atoms with Crippen molar-refractivity contribution in [1.29, 1.82) is 0 Å². The topological polar surface area (TPSA) is 55.1 Å². The smallest absolute Gasteiger partial charge is 0.303 e. The van der Waals surface area contributed by atoms with Gasteiger partial charge in [0.25, 0.3) is 0 Å². The van der Waals surface area contributed by atoms with E-state index in [1.807, 2.05) is 22.6 Å². The van der Waals surface area contributed by atoms with Crippen molar-refractivity contribution in [1.82, 2.24) is 9.78 Å². The summed E-state index contributed by atoms with van der Waals surface area (Å²) in [5.74, 6) is -1.35. The average molecular weight is 298 g/mol. The second-order valence-electron chi connectivity index (χ2n) is 2.53. The van der Waals surface area contributed by atoms with Gasteiger partial charge < -0.3 is 5.11 Å². The summed E-state index contributed by atoms with van der Waals surface area (Å²) >= 11 is 1.84. The van der Waals surface area contributed by atoms with Crippen LogP contribution in [0.3, 0.4) is 0 Å². The molecule has 0 aliphatic carbocycles. The lowest BCUT2D eigenvalue weighted by Crippen LogP contribution is -2.02. The first-order chi connectivity index (χ1) is 6.09. The van der Waals surface area contributed by atoms with Crippen molar-refractivity contribution >= 4 is 28.6 Å². The largest absolute Gasteiger partial charge is 0.481 e. The third kappa shape index (κ3) is 3.29. The van der Waals surface area contributed by atoms with Crippen molar-refractivity contribution in [2.45, 2.75) is 19.4 Å². The molecule has 1 rings (SSSR count). The van der Waals surface area contributed by atoms with E-state index in [4.69, 9.17) is 5.11 Å². The quantitative estimate of drug-likeness (QED) is 0.857. The molecule has 0 unspecified atom stereocenters. The van der Waals surface area contributed by atoms with Crippen molar-refractivity contribution < 1.29 is 14.3 Å². The van der Waals surface area contributed by atoms with Crippen LogP contribution in [0, 0.1) is 9.52 Å². The van der Waals surface area contributed by atoms with Gasteiger partial charge in [0, 0.05) is 19.2 Å². The highest BCUT2D eigenvalue weighted by Gasteiger charge is 2.04. The van der Waals surface area contributed by atoms with Gasteiger partial charge in [-0.15, -0.1) is 5.10 Å². The van der Waals surface area contributed by atoms with Crippen LogP contribution in [-0.2, 0) is 11.3 Å². The van der Waals surface area contributed by atoms with Gasteiger partial charge in [0.05, 0.1) is 3.57 Å². The zero-order valence-corrected chi connectivity index (χ0v) is 8.86. The number of carboxylic acids is 1. The molecular formula is C7H8FIN2O2. The highest BCUT2D eigenvalue weighted by Crippen LogP contribution is 2.08. The van der Waals surface area contributed by atoms with Crippen molar-refractivity contribution in [3.8, 4) is 0 Å². The molecule has 0 aliphatic heterocycles. The van der Waals surface area contributed by atoms with Crippen molar-refractivity contribution in [3.05, 3.63) is 15.7 Å². The molecule has 0 radical (unpaired) electrons. The van der Waals surface area contributed by atoms with Crippen LogP contribution in [0.5, 0.6) is 0 Å². The van der Waals surface area contributed by atoms with Crippen LogP contribution in [0.1, 0.15) is 12.8 Å². The number of carbonyl (C=O) groups is 1. The highest BCUT2D eigenvalue weighted by molar-refractivity contribution is 14.1. The molecule has 0 saturated heterocycles. The van der Waals surface area contributed by atoms with Crippen molar-refractivity contribution in [2.75, 3.05) is 0 Å². The molecule has 72 valence electrons. The highest BCUT2D eigenvalue weighted by atomic mass is 127. The molecule has 1 aromatic rings. The number of aliphatic carboxylic acids is 1. The third-order valence-corrected chi connectivity index (χ3v) is 2.18. The molecule has 13 heavy (non-hydrogen) atoms. The van der Waals surface area contributed by atoms with Crippen LogP contribution >= 0.6 is 22.6 Å². The molecular weight excluding hydrogens is 290 g/mol. The maximum atomic E-state index is 12.7. The first-order valence-corrected chi connectivity index (χ1v) is 4.77. The third-order valence-electron chi connectivity index (χ3n) is 1.45. The number of hydrogen-bond acceptors (Lipinski definition) is 2. The molecule has 0 fully saturated rings. The van der Waals surface area contributed by atoms with Gasteiger partial charge in [0.15, 0.2) is 0 Å². The molecule has 0 saturated carbocycles. The summed E-state index contributed by atoms with van der Waals surface area (Å²) in [7, 11) is 0. The average Bonchev–Trinajstić information content (AvgIpc) is 2.30. The molecule has 1 heterocycles. The van der Waals surface area contributed by atoms with E-state index in [1.165, 1.54) is 4.68 Å². The van der Waals surface area contributed by atoms with Gasteiger partial charge in [-0.2, -0.15) is 4.39 Å². The molecule has 0 bridgehead atoms. The zero-order valence-electron chi connectivity index (χ0n) is 6.70. The molecule has 0 amide bonds. The molecule has 4 nitrogen and oxygen atoms in total. The predicted octanol–water partition coefficient (Wildman–Crippen LogP) is 1.49. The maximum absolute atomic E-state index is 12.7. The van der Waals surface area contributed by atoms with Crippen LogP contribution < -0.4 is 0 Å². The number of aromatic nitrogens is 2. The summed E-state index contributed by atoms with van der Waals surface area (Å²) in [6, 6.07) is 0. The monoisotopic (exact) mass is 298 g/mol. The maximum Gasteiger partial charge on any atom is 0.303 e. The molecule has 1 aromatic heterocycles. The molecule has 1 N–H and O–H groups in total. The van der Waals surface area contributed by atoms with E-state index in [2.05, 4.69) is 5.10 Å². The first-order valence-electron chi connectivity index (χ1n) is 3.70. The number of carboxylic acid groups (broad SMARTS) is 1. The van der Waals surface area contributed by atoms with Crippen LogP contribution in [0.25, 0.3) is 0 Å². The Bertz CT molecular complexity index is 294. The van der Waals surface area contributed by atoms with Gasteiger partial charge in [-0.3, -0.25) is 9.48 Å². The Labute approximate surface area is 87.9 Å². The van der Waals surface area contributed by atoms with Gasteiger partial charge in [-0.1, -0.05) is 0 Å². The first kappa shape index (κ1) is 10.4. The van der Waals surface area contributed by atoms with E-state index in [0.29, 0.717) is 16.5 Å². The Hall–Kier alpha value is -0.660. The minimum absolute atomic E-state index is 0.0814. The summed E-state index contributed by atoms with van der Waals surface area (Å²) in [6.07, 6.45) is 2.10. The lowest BCUT2D eigenvalue weighted by Gasteiger charge is -1.97. The van der Waals surface area contributed by atoms with Gasteiger partial charge in [-0.25, -0.2) is 0 Å². The fraction of sp³-hybridized carbons (Fsp3) is 0.429. The Balaban J connectivity index is 2.41. The van der Waals surface area contributed by atoms with Crippen LogP contribution in [-0.4, -0.2) is 20.9 Å². The lowest BCUT2D eigenvalue weighted by atomic mass is 10.3. The van der Waals surface area contributed by atoms with Gasteiger partial charge >= 0.3 is 5.97 Å². The molecule has 0 aromatic carbocycles. The van der Waals surface area contributed by atoms with E-state index in [9.17, 15) is 9.18 Å². The minimum Gasteiger partial charge on any atom is -0.481 e. The van der Waals surface area contributed by atoms with E-state index < -0.39 is 11.9 Å². The molecule has 0 spiro atoms. The standard InChI is InChI=1S/C7H8FIN2O2/c8-7-5(9)4-11(10-7)3-1-2-6(12)13/h4H,1-3H2,(H,12,13). The van der Waals surface area contributed by atoms with E-state index >= 15 is 0 Å². The van der Waals surface area contributed by atoms with Gasteiger partial charge in [-0.05, 0) is 29.0 Å². The van der Waals surface area contributed by atoms with Crippen LogP contribution in [0.15, 0.2) is 6.20 Å². The zero-order chi connectivity index (χ0) is 9.84. The fourth-order valence-corrected chi connectivity index (χ4v) is 1.31. The summed E-state index contributed by atoms with van der Waals surface area (Å²) in [4.78, 5) is 10.2. The predicted molar refractivity (Wildman–Crippen MR) is 51.8 cm³/mol. The number of rotatable bonds is 4. The number of hydrogen-bond donors (Lipinski definition) is 1. The Morgan fingerprint density at radius 3 is 2.92 bits per heavy atom. The molecule has 0 atom stereocenters. The van der Waals surface area contributed by atoms with Crippen LogP contribution in [0.4, 0.5) is 4.39 Å². The lowest BCUT2D eigenvalue weighted by molar-refractivity contribution is -0.137. The second-order valence-corrected chi connectivity index (χ2v) is 3.69. The van der Waals surface area contributed by atoms with Crippen LogP contribution in [0.2, 0.25) is 0 Å². The summed E-state index contributed by atoms with van der Waals surface area (Å²) in [5, 5.41) is 11.9. The SMILES string of the molecule is O=C(O)CCCn1cc(I)c(F)n1. The Kier molecular flexibility index (Phi) is 3.64. The number of halogens is 2. The van der Waals surface area contributed by atoms with Gasteiger partial charge in [0.1, 0.15) is 0 Å². The summed E-state index contributed by atoms with van der Waals surface area (Å²) in [5.41, 5.74) is 0. The van der Waals surface area contributed by atoms with Crippen molar-refractivity contribution in [3.63, 3.8) is 0 Å². The normalized spacial score (nSPS) is 10.3. The second kappa shape index (κ2) is 4.54. The summed E-state index contributed by atoms with van der Waals surface area (Å²) < 4.78 is 14.5. The Morgan fingerprint density at radius 1 is 1.77 bits per heavy atom. The minimum atomic E-state index is -0.845. The Morgan fingerprint density at radius 2 is 2.46 bits per heavy atom. The van der Waals surface area contributed by atoms with E-state index in [1.54, 1.807) is 6.20 Å². The fourth-order valence-electron chi connectivity index (χ4n) is 0.880. The van der Waals surface area contributed by atoms with E-state index in [0.717, 1.165) is 0 Å². The summed E-state index contributed by atoms with van der Waals surface area (Å²) in [6.45, 7) is 0.437. The van der Waals surface area contributed by atoms with Gasteiger partial charge in [0.2, 0.25) is 5.95 Å². The molecule has 6 heteroatoms. The molecule has 0 aliphatic rings. The number of nitrogens with zero attached hydrogens (tertiary/aromatic N) is 2. The number of aryl methyl sites for hydroxylation is 1. The van der Waals surface area contributed by atoms with E-state index in [-0.39, 0.29) is 6.42 Å². The van der Waals surface area contributed by atoms with Crippen molar-refractivity contribution in [2.24, 2.45) is 0 Å².